The van der Waals surface area contributed by atoms with Crippen molar-refractivity contribution in [2.45, 2.75) is 0 Å². The van der Waals surface area contributed by atoms with Gasteiger partial charge in [0, 0.05) is 37.7 Å². The molecule has 4 heteroatoms. The normalized spacial score (nSPS) is 10.0. The number of nitrogens with zero attached hydrogens (tertiary/aromatic N) is 1. The van der Waals surface area contributed by atoms with Crippen LogP contribution in [-0.2, 0) is 0 Å². The molecule has 2 N–H and O–H groups in total. The van der Waals surface area contributed by atoms with E-state index in [4.69, 9.17) is 0 Å². The number of nitrogens with one attached hydrogen (secondary N) is 2. The highest BCUT2D eigenvalue weighted by Crippen LogP contribution is 2.15. The molecular weight excluding hydrogens is 214 g/mol. The maximum absolute atomic E-state index is 12.1. The molecule has 0 saturated heterocycles. The smallest absolute Gasteiger partial charge is 0.258 e. The number of rotatable bonds is 3. The number of H-pyrrole nitrogens is 1. The van der Waals surface area contributed by atoms with Crippen molar-refractivity contribution in [3.05, 3.63) is 48.3 Å². The summed E-state index contributed by atoms with van der Waals surface area (Å²) < 4.78 is 0. The minimum absolute atomic E-state index is 0.0211. The minimum atomic E-state index is -0.0211. The molecule has 0 radical (unpaired) electrons. The van der Waals surface area contributed by atoms with Gasteiger partial charge in [0.25, 0.3) is 5.91 Å². The maximum atomic E-state index is 12.1. The highest BCUT2D eigenvalue weighted by molar-refractivity contribution is 6.05. The number of amides is 1. The average Bonchev–Trinajstić information content (AvgIpc) is 2.91. The van der Waals surface area contributed by atoms with Crippen LogP contribution in [0.3, 0.4) is 0 Å². The predicted octanol–water partition coefficient (Wildman–Crippen LogP) is 2.33. The molecule has 0 fully saturated rings. The van der Waals surface area contributed by atoms with E-state index in [1.54, 1.807) is 24.3 Å². The van der Waals surface area contributed by atoms with Crippen molar-refractivity contribution >= 4 is 17.3 Å². The summed E-state index contributed by atoms with van der Waals surface area (Å²) in [4.78, 5) is 16.7. The van der Waals surface area contributed by atoms with Crippen molar-refractivity contribution in [3.8, 4) is 0 Å². The second kappa shape index (κ2) is 4.74. The first-order chi connectivity index (χ1) is 8.22. The Morgan fingerprint density at radius 3 is 2.47 bits per heavy atom. The molecule has 0 spiro atoms. The number of aromatic nitrogens is 1. The Morgan fingerprint density at radius 2 is 1.94 bits per heavy atom. The van der Waals surface area contributed by atoms with Gasteiger partial charge in [0.2, 0.25) is 0 Å². The third-order valence-electron chi connectivity index (χ3n) is 2.69. The number of anilines is 2. The summed E-state index contributed by atoms with van der Waals surface area (Å²) in [5.41, 5.74) is 2.52. The van der Waals surface area contributed by atoms with Crippen LogP contribution in [0.1, 0.15) is 10.4 Å². The molecule has 0 aliphatic heterocycles. The van der Waals surface area contributed by atoms with Gasteiger partial charge in [-0.15, -0.1) is 0 Å². The van der Waals surface area contributed by atoms with Gasteiger partial charge < -0.3 is 15.2 Å². The Kier molecular flexibility index (Phi) is 3.14. The highest BCUT2D eigenvalue weighted by Gasteiger charge is 2.13. The molecule has 88 valence electrons. The number of hydrogen-bond acceptors (Lipinski definition) is 2. The van der Waals surface area contributed by atoms with Crippen molar-refractivity contribution in [2.24, 2.45) is 0 Å². The third-order valence-corrected chi connectivity index (χ3v) is 2.69. The standard InChI is InChI=1S/C13H15N3O/c1-14-11-5-3-10(4-6-11)13(17)16(2)12-7-8-15-9-12/h3-9,14-15H,1-2H3. The lowest BCUT2D eigenvalue weighted by atomic mass is 10.2. The summed E-state index contributed by atoms with van der Waals surface area (Å²) >= 11 is 0. The van der Waals surface area contributed by atoms with Gasteiger partial charge in [0.1, 0.15) is 0 Å². The number of hydrogen-bond donors (Lipinski definition) is 2. The number of benzene rings is 1. The van der Waals surface area contributed by atoms with Crippen LogP contribution in [0.4, 0.5) is 11.4 Å². The summed E-state index contributed by atoms with van der Waals surface area (Å²) in [7, 11) is 3.61. The zero-order valence-electron chi connectivity index (χ0n) is 9.90. The lowest BCUT2D eigenvalue weighted by Gasteiger charge is -2.15. The van der Waals surface area contributed by atoms with Crippen molar-refractivity contribution < 1.29 is 4.79 Å². The van der Waals surface area contributed by atoms with Crippen molar-refractivity contribution in [1.82, 2.24) is 4.98 Å². The van der Waals surface area contributed by atoms with E-state index in [0.717, 1.165) is 11.4 Å². The van der Waals surface area contributed by atoms with Crippen LogP contribution in [0.2, 0.25) is 0 Å². The van der Waals surface area contributed by atoms with E-state index in [1.807, 2.05) is 37.4 Å². The van der Waals surface area contributed by atoms with E-state index in [1.165, 1.54) is 0 Å². The average molecular weight is 229 g/mol. The van der Waals surface area contributed by atoms with E-state index in [2.05, 4.69) is 10.3 Å². The molecule has 2 rings (SSSR count). The van der Waals surface area contributed by atoms with Crippen molar-refractivity contribution in [1.29, 1.82) is 0 Å². The van der Waals surface area contributed by atoms with E-state index < -0.39 is 0 Å². The molecule has 17 heavy (non-hydrogen) atoms. The molecule has 4 nitrogen and oxygen atoms in total. The van der Waals surface area contributed by atoms with Gasteiger partial charge in [-0.05, 0) is 30.3 Å². The lowest BCUT2D eigenvalue weighted by molar-refractivity contribution is 0.0993. The Labute approximate surface area is 100 Å². The fourth-order valence-corrected chi connectivity index (χ4v) is 1.61. The van der Waals surface area contributed by atoms with Gasteiger partial charge in [-0.3, -0.25) is 4.79 Å². The molecule has 0 aliphatic rings. The summed E-state index contributed by atoms with van der Waals surface area (Å²) in [5.74, 6) is -0.0211. The van der Waals surface area contributed by atoms with Crippen molar-refractivity contribution in [2.75, 3.05) is 24.3 Å². The second-order valence-electron chi connectivity index (χ2n) is 3.76. The molecule has 1 amide bonds. The van der Waals surface area contributed by atoms with Crippen LogP contribution in [0.5, 0.6) is 0 Å². The monoisotopic (exact) mass is 229 g/mol. The summed E-state index contributed by atoms with van der Waals surface area (Å²) in [6.07, 6.45) is 3.59. The Hall–Kier alpha value is -2.23. The zero-order chi connectivity index (χ0) is 12.3. The van der Waals surface area contributed by atoms with Gasteiger partial charge in [0.05, 0.1) is 5.69 Å². The fraction of sp³-hybridized carbons (Fsp3) is 0.154. The van der Waals surface area contributed by atoms with E-state index in [9.17, 15) is 4.79 Å². The van der Waals surface area contributed by atoms with Gasteiger partial charge in [-0.2, -0.15) is 0 Å². The first kappa shape index (κ1) is 11.3. The molecule has 0 bridgehead atoms. The highest BCUT2D eigenvalue weighted by atomic mass is 16.2. The lowest BCUT2D eigenvalue weighted by Crippen LogP contribution is -2.25. The molecule has 0 aliphatic carbocycles. The minimum Gasteiger partial charge on any atom is -0.388 e. The first-order valence-electron chi connectivity index (χ1n) is 5.41. The Balaban J connectivity index is 2.19. The van der Waals surface area contributed by atoms with E-state index >= 15 is 0 Å². The Bertz CT molecular complexity index is 488. The Morgan fingerprint density at radius 1 is 1.24 bits per heavy atom. The van der Waals surface area contributed by atoms with Gasteiger partial charge in [0.15, 0.2) is 0 Å². The van der Waals surface area contributed by atoms with Gasteiger partial charge in [-0.1, -0.05) is 0 Å². The molecule has 1 aromatic heterocycles. The van der Waals surface area contributed by atoms with Crippen molar-refractivity contribution in [3.63, 3.8) is 0 Å². The molecular formula is C13H15N3O. The summed E-state index contributed by atoms with van der Waals surface area (Å²) in [6.45, 7) is 0. The quantitative estimate of drug-likeness (QED) is 0.848. The zero-order valence-corrected chi connectivity index (χ0v) is 9.90. The van der Waals surface area contributed by atoms with Crippen LogP contribution in [0.25, 0.3) is 0 Å². The SMILES string of the molecule is CNc1ccc(C(=O)N(C)c2cc[nH]c2)cc1. The van der Waals surface area contributed by atoms with Crippen LogP contribution in [0, 0.1) is 0 Å². The molecule has 1 aromatic carbocycles. The predicted molar refractivity (Wildman–Crippen MR) is 69.5 cm³/mol. The van der Waals surface area contributed by atoms with E-state index in [0.29, 0.717) is 5.56 Å². The van der Waals surface area contributed by atoms with E-state index in [-0.39, 0.29) is 5.91 Å². The molecule has 1 heterocycles. The fourth-order valence-electron chi connectivity index (χ4n) is 1.61. The third kappa shape index (κ3) is 2.30. The first-order valence-corrected chi connectivity index (χ1v) is 5.41. The van der Waals surface area contributed by atoms with Crippen LogP contribution >= 0.6 is 0 Å². The maximum Gasteiger partial charge on any atom is 0.258 e. The molecule has 0 unspecified atom stereocenters. The van der Waals surface area contributed by atoms with Crippen LogP contribution in [-0.4, -0.2) is 25.0 Å². The number of carbonyl (C=O) groups is 1. The topological polar surface area (TPSA) is 48.1 Å². The largest absolute Gasteiger partial charge is 0.388 e. The summed E-state index contributed by atoms with van der Waals surface area (Å²) in [5, 5.41) is 3.02. The molecule has 0 atom stereocenters. The van der Waals surface area contributed by atoms with Gasteiger partial charge in [-0.25, -0.2) is 0 Å². The number of aromatic amines is 1. The van der Waals surface area contributed by atoms with Crippen LogP contribution < -0.4 is 10.2 Å². The molecule has 0 saturated carbocycles. The van der Waals surface area contributed by atoms with Gasteiger partial charge >= 0.3 is 0 Å². The summed E-state index contributed by atoms with van der Waals surface area (Å²) in [6, 6.07) is 9.27. The number of carbonyl (C=O) groups excluding carboxylic acids is 1. The molecule has 2 aromatic rings. The van der Waals surface area contributed by atoms with Crippen LogP contribution in [0.15, 0.2) is 42.7 Å². The second-order valence-corrected chi connectivity index (χ2v) is 3.76.